The molecule has 0 amide bonds. The van der Waals surface area contributed by atoms with Gasteiger partial charge in [0.05, 0.1) is 0 Å². The second-order valence-electron chi connectivity index (χ2n) is 12.5. The molecule has 3 heteroatoms. The molecule has 0 aromatic rings. The van der Waals surface area contributed by atoms with E-state index < -0.39 is 0 Å². The minimum absolute atomic E-state index is 0. The van der Waals surface area contributed by atoms with Crippen LogP contribution in [0.25, 0.3) is 0 Å². The molecule has 0 aliphatic rings. The van der Waals surface area contributed by atoms with Crippen molar-refractivity contribution in [2.75, 3.05) is 12.3 Å². The molecule has 0 spiro atoms. The van der Waals surface area contributed by atoms with Crippen LogP contribution in [0.3, 0.4) is 0 Å². The van der Waals surface area contributed by atoms with Crippen molar-refractivity contribution in [2.24, 2.45) is 33.5 Å². The van der Waals surface area contributed by atoms with Gasteiger partial charge in [0.25, 0.3) is 0 Å². The Morgan fingerprint density at radius 3 is 0.828 bits per heavy atom. The molecule has 0 heterocycles. The van der Waals surface area contributed by atoms with Gasteiger partial charge in [-0.2, -0.15) is 0 Å². The zero-order chi connectivity index (χ0) is 22.8. The molecule has 0 rings (SSSR count). The molecular weight excluding hydrogens is 481 g/mol. The largest absolute Gasteiger partial charge is 0.134 e. The summed E-state index contributed by atoms with van der Waals surface area (Å²) < 4.78 is 0. The van der Waals surface area contributed by atoms with Crippen molar-refractivity contribution in [1.29, 1.82) is 0 Å². The van der Waals surface area contributed by atoms with E-state index in [1.165, 1.54) is 12.8 Å². The first kappa shape index (κ1) is 34.6. The maximum atomic E-state index is 2.74. The molecule has 0 saturated heterocycles. The van der Waals surface area contributed by atoms with Crippen molar-refractivity contribution >= 4 is 18.5 Å². The second kappa shape index (κ2) is 14.9. The van der Waals surface area contributed by atoms with Crippen LogP contribution in [0, 0.1) is 33.5 Å². The van der Waals surface area contributed by atoms with Crippen LogP contribution in [0.15, 0.2) is 24.3 Å². The zero-order valence-electron chi connectivity index (χ0n) is 21.8. The fourth-order valence-electron chi connectivity index (χ4n) is 4.67. The fourth-order valence-corrected chi connectivity index (χ4v) is 5.05. The SMILES string of the molecule is CC(C)(C)C(CC=CCP)C(C)(C)C.CC(C)(C)C(CC=CCP)C(C)(C)C.[Pd]. The first-order valence-electron chi connectivity index (χ1n) is 11.1. The maximum absolute atomic E-state index is 2.74. The predicted molar refractivity (Wildman–Crippen MR) is 141 cm³/mol. The van der Waals surface area contributed by atoms with E-state index in [0.29, 0.717) is 21.7 Å². The molecule has 0 bridgehead atoms. The molecule has 0 nitrogen and oxygen atoms in total. The normalized spacial score (nSPS) is 13.8. The van der Waals surface area contributed by atoms with Crippen molar-refractivity contribution in [1.82, 2.24) is 0 Å². The molecular formula is C26H54P2Pd. The maximum Gasteiger partial charge on any atom is 0 e. The number of hydrogen-bond acceptors (Lipinski definition) is 0. The summed E-state index contributed by atoms with van der Waals surface area (Å²) in [6.45, 7) is 28.1. The second-order valence-corrected chi connectivity index (χ2v) is 13.4. The van der Waals surface area contributed by atoms with Gasteiger partial charge in [-0.25, -0.2) is 0 Å². The minimum atomic E-state index is 0. The van der Waals surface area contributed by atoms with Gasteiger partial charge in [-0.05, 0) is 58.7 Å². The van der Waals surface area contributed by atoms with Crippen LogP contribution in [-0.2, 0) is 20.4 Å². The zero-order valence-corrected chi connectivity index (χ0v) is 25.6. The third-order valence-electron chi connectivity index (χ3n) is 5.53. The van der Waals surface area contributed by atoms with E-state index in [1.807, 2.05) is 0 Å². The third kappa shape index (κ3) is 17.3. The van der Waals surface area contributed by atoms with Gasteiger partial charge in [-0.1, -0.05) is 107 Å². The number of rotatable bonds is 6. The average Bonchev–Trinajstić information content (AvgIpc) is 2.43. The third-order valence-corrected chi connectivity index (χ3v) is 6.07. The van der Waals surface area contributed by atoms with E-state index in [4.69, 9.17) is 0 Å². The van der Waals surface area contributed by atoms with E-state index in [-0.39, 0.29) is 20.4 Å². The molecule has 0 aromatic heterocycles. The van der Waals surface area contributed by atoms with E-state index in [9.17, 15) is 0 Å². The summed E-state index contributed by atoms with van der Waals surface area (Å²) in [6, 6.07) is 0. The Morgan fingerprint density at radius 1 is 0.483 bits per heavy atom. The van der Waals surface area contributed by atoms with Crippen LogP contribution >= 0.6 is 18.5 Å². The predicted octanol–water partition coefficient (Wildman–Crippen LogP) is 9.03. The average molecular weight is 535 g/mol. The van der Waals surface area contributed by atoms with Crippen molar-refractivity contribution in [3.8, 4) is 0 Å². The molecule has 2 unspecified atom stereocenters. The summed E-state index contributed by atoms with van der Waals surface area (Å²) >= 11 is 0. The van der Waals surface area contributed by atoms with Crippen LogP contribution < -0.4 is 0 Å². The number of hydrogen-bond donors (Lipinski definition) is 0. The van der Waals surface area contributed by atoms with Gasteiger partial charge < -0.3 is 0 Å². The Morgan fingerprint density at radius 2 is 0.690 bits per heavy atom. The Labute approximate surface area is 204 Å². The van der Waals surface area contributed by atoms with E-state index in [1.54, 1.807) is 0 Å². The molecule has 0 fully saturated rings. The summed E-state index contributed by atoms with van der Waals surface area (Å²) in [5.41, 5.74) is 1.57. The summed E-state index contributed by atoms with van der Waals surface area (Å²) in [5.74, 6) is 1.48. The number of allylic oxidation sites excluding steroid dienone is 4. The topological polar surface area (TPSA) is 0 Å². The Hall–Kier alpha value is 1.00. The van der Waals surface area contributed by atoms with Gasteiger partial charge in [0.1, 0.15) is 0 Å². The molecule has 29 heavy (non-hydrogen) atoms. The van der Waals surface area contributed by atoms with Crippen molar-refractivity contribution in [3.63, 3.8) is 0 Å². The van der Waals surface area contributed by atoms with Crippen molar-refractivity contribution < 1.29 is 20.4 Å². The standard InChI is InChI=1S/2C13H27P.Pd/c2*1-12(2,3)11(13(4,5)6)9-7-8-10-14;/h2*7-8,11H,9-10,14H2,1-6H3;. The van der Waals surface area contributed by atoms with E-state index in [2.05, 4.69) is 126 Å². The molecule has 0 aromatic carbocycles. The quantitative estimate of drug-likeness (QED) is 0.181. The Kier molecular flexibility index (Phi) is 17.8. The fraction of sp³-hybridized carbons (Fsp3) is 0.846. The minimum Gasteiger partial charge on any atom is -0.134 e. The first-order chi connectivity index (χ1) is 12.4. The Bertz CT molecular complexity index is 379. The van der Waals surface area contributed by atoms with Gasteiger partial charge in [-0.3, -0.25) is 0 Å². The molecule has 0 N–H and O–H groups in total. The van der Waals surface area contributed by atoms with E-state index >= 15 is 0 Å². The van der Waals surface area contributed by atoms with Crippen molar-refractivity contribution in [3.05, 3.63) is 24.3 Å². The van der Waals surface area contributed by atoms with Gasteiger partial charge in [0, 0.05) is 20.4 Å². The van der Waals surface area contributed by atoms with Gasteiger partial charge in [-0.15, -0.1) is 18.5 Å². The molecule has 2 atom stereocenters. The smallest absolute Gasteiger partial charge is 0 e. The summed E-state index contributed by atoms with van der Waals surface area (Å²) in [5, 5.41) is 0. The van der Waals surface area contributed by atoms with Crippen LogP contribution in [0.4, 0.5) is 0 Å². The Balaban J connectivity index is -0.000000451. The summed E-state index contributed by atoms with van der Waals surface area (Å²) in [7, 11) is 5.47. The monoisotopic (exact) mass is 534 g/mol. The van der Waals surface area contributed by atoms with Crippen LogP contribution in [0.5, 0.6) is 0 Å². The van der Waals surface area contributed by atoms with Gasteiger partial charge in [0.2, 0.25) is 0 Å². The van der Waals surface area contributed by atoms with Crippen LogP contribution in [0.2, 0.25) is 0 Å². The summed E-state index contributed by atoms with van der Waals surface area (Å²) in [6.07, 6.45) is 13.7. The first-order valence-corrected chi connectivity index (χ1v) is 12.7. The summed E-state index contributed by atoms with van der Waals surface area (Å²) in [4.78, 5) is 0. The molecule has 0 saturated carbocycles. The van der Waals surface area contributed by atoms with E-state index in [0.717, 1.165) is 24.2 Å². The van der Waals surface area contributed by atoms with Gasteiger partial charge in [0.15, 0.2) is 0 Å². The van der Waals surface area contributed by atoms with Crippen LogP contribution in [0.1, 0.15) is 95.9 Å². The molecule has 178 valence electrons. The molecule has 0 aliphatic heterocycles. The van der Waals surface area contributed by atoms with Crippen molar-refractivity contribution in [2.45, 2.75) is 95.9 Å². The van der Waals surface area contributed by atoms with Crippen LogP contribution in [-0.4, -0.2) is 12.3 Å². The molecule has 0 radical (unpaired) electrons. The van der Waals surface area contributed by atoms with Gasteiger partial charge >= 0.3 is 0 Å². The molecule has 0 aliphatic carbocycles.